The molecule has 0 amide bonds. The zero-order valence-corrected chi connectivity index (χ0v) is 7.46. The van der Waals surface area contributed by atoms with Crippen LogP contribution in [0.5, 0.6) is 0 Å². The Balaban J connectivity index is 2.25. The number of thioether (sulfide) groups is 2. The number of hydrogen-bond acceptors (Lipinski definition) is 4. The molecule has 2 nitrogen and oxygen atoms in total. The van der Waals surface area contributed by atoms with E-state index < -0.39 is 0 Å². The maximum absolute atomic E-state index is 11.0. The highest BCUT2D eigenvalue weighted by molar-refractivity contribution is 8.19. The van der Waals surface area contributed by atoms with Gasteiger partial charge in [0.15, 0.2) is 0 Å². The zero-order valence-electron chi connectivity index (χ0n) is 5.83. The Kier molecular flexibility index (Phi) is 3.42. The normalized spacial score (nSPS) is 24.7. The summed E-state index contributed by atoms with van der Waals surface area (Å²) in [5, 5.41) is 1.13. The van der Waals surface area contributed by atoms with Crippen LogP contribution in [0.15, 0.2) is 0 Å². The molecule has 1 atom stereocenters. The molecule has 0 aromatic carbocycles. The quantitative estimate of drug-likeness (QED) is 0.596. The Morgan fingerprint density at radius 2 is 2.60 bits per heavy atom. The number of hydrogen-bond donors (Lipinski definition) is 0. The molecule has 1 heterocycles. The second-order valence-electron chi connectivity index (χ2n) is 1.90. The lowest BCUT2D eigenvalue weighted by molar-refractivity contribution is -0.141. The fourth-order valence-corrected chi connectivity index (χ4v) is 3.36. The van der Waals surface area contributed by atoms with Crippen molar-refractivity contribution in [3.05, 3.63) is 0 Å². The lowest BCUT2D eigenvalue weighted by Gasteiger charge is -2.05. The van der Waals surface area contributed by atoms with Crippen molar-refractivity contribution in [2.24, 2.45) is 0 Å². The van der Waals surface area contributed by atoms with Crippen LogP contribution in [-0.4, -0.2) is 28.7 Å². The van der Waals surface area contributed by atoms with E-state index in [1.807, 2.05) is 6.92 Å². The van der Waals surface area contributed by atoms with Gasteiger partial charge in [-0.25, -0.2) is 0 Å². The first-order valence-corrected chi connectivity index (χ1v) is 5.41. The number of ether oxygens (including phenoxy) is 1. The molecule has 0 aromatic heterocycles. The Bertz CT molecular complexity index is 121. The summed E-state index contributed by atoms with van der Waals surface area (Å²) in [4.78, 5) is 11.0. The molecule has 4 heteroatoms. The van der Waals surface area contributed by atoms with Crippen LogP contribution in [0, 0.1) is 0 Å². The van der Waals surface area contributed by atoms with Gasteiger partial charge < -0.3 is 4.74 Å². The lowest BCUT2D eigenvalue weighted by Crippen LogP contribution is -2.19. The van der Waals surface area contributed by atoms with Gasteiger partial charge >= 0.3 is 5.97 Å². The predicted octanol–water partition coefficient (Wildman–Crippen LogP) is 1.36. The van der Waals surface area contributed by atoms with Crippen molar-refractivity contribution in [2.45, 2.75) is 12.2 Å². The zero-order chi connectivity index (χ0) is 7.40. The molecule has 58 valence electrons. The Morgan fingerprint density at radius 3 is 3.10 bits per heavy atom. The van der Waals surface area contributed by atoms with E-state index in [0.717, 1.165) is 10.8 Å². The molecule has 1 unspecified atom stereocenters. The summed E-state index contributed by atoms with van der Waals surface area (Å²) in [6, 6.07) is 0. The number of rotatable bonds is 2. The van der Waals surface area contributed by atoms with Crippen LogP contribution in [0.4, 0.5) is 0 Å². The van der Waals surface area contributed by atoms with Crippen molar-refractivity contribution in [1.29, 1.82) is 0 Å². The number of carbonyl (C=O) groups excluding carboxylic acids is 1. The van der Waals surface area contributed by atoms with Crippen LogP contribution in [-0.2, 0) is 9.53 Å². The van der Waals surface area contributed by atoms with Gasteiger partial charge in [-0.3, -0.25) is 4.79 Å². The number of carbonyl (C=O) groups is 1. The first kappa shape index (κ1) is 8.27. The average molecular weight is 178 g/mol. The van der Waals surface area contributed by atoms with Gasteiger partial charge in [0.25, 0.3) is 0 Å². The fourth-order valence-electron chi connectivity index (χ4n) is 0.705. The second-order valence-corrected chi connectivity index (χ2v) is 4.48. The third-order valence-electron chi connectivity index (χ3n) is 1.17. The van der Waals surface area contributed by atoms with E-state index in [4.69, 9.17) is 4.74 Å². The summed E-state index contributed by atoms with van der Waals surface area (Å²) in [6.45, 7) is 2.34. The van der Waals surface area contributed by atoms with Crippen molar-refractivity contribution < 1.29 is 9.53 Å². The second kappa shape index (κ2) is 4.13. The van der Waals surface area contributed by atoms with Crippen molar-refractivity contribution in [3.8, 4) is 0 Å². The highest BCUT2D eigenvalue weighted by atomic mass is 32.2. The van der Waals surface area contributed by atoms with Gasteiger partial charge in [0.2, 0.25) is 0 Å². The summed E-state index contributed by atoms with van der Waals surface area (Å²) < 4.78 is 4.85. The highest BCUT2D eigenvalue weighted by Crippen LogP contribution is 2.29. The van der Waals surface area contributed by atoms with E-state index in [1.165, 1.54) is 0 Å². The molecule has 1 fully saturated rings. The maximum atomic E-state index is 11.0. The Morgan fingerprint density at radius 1 is 1.80 bits per heavy atom. The minimum absolute atomic E-state index is 0.0440. The molecule has 0 spiro atoms. The molecule has 1 rings (SSSR count). The van der Waals surface area contributed by atoms with Gasteiger partial charge in [-0.05, 0) is 6.92 Å². The third-order valence-corrected chi connectivity index (χ3v) is 3.92. The van der Waals surface area contributed by atoms with Crippen molar-refractivity contribution >= 4 is 29.5 Å². The van der Waals surface area contributed by atoms with Crippen LogP contribution in [0.1, 0.15) is 6.92 Å². The van der Waals surface area contributed by atoms with Crippen molar-refractivity contribution in [2.75, 3.05) is 17.4 Å². The Labute approximate surface area is 69.1 Å². The van der Waals surface area contributed by atoms with Crippen LogP contribution in [0.3, 0.4) is 0 Å². The topological polar surface area (TPSA) is 26.3 Å². The van der Waals surface area contributed by atoms with Gasteiger partial charge in [0, 0.05) is 10.8 Å². The predicted molar refractivity (Wildman–Crippen MR) is 45.3 cm³/mol. The molecule has 1 saturated heterocycles. The number of esters is 1. The van der Waals surface area contributed by atoms with E-state index in [0.29, 0.717) is 6.61 Å². The first-order valence-electron chi connectivity index (χ1n) is 3.20. The molecular formula is C6H10O2S2. The summed E-state index contributed by atoms with van der Waals surface area (Å²) >= 11 is 3.48. The molecule has 0 N–H and O–H groups in total. The van der Waals surface area contributed by atoms with Gasteiger partial charge in [0.1, 0.15) is 5.25 Å². The van der Waals surface area contributed by atoms with E-state index >= 15 is 0 Å². The van der Waals surface area contributed by atoms with Gasteiger partial charge in [-0.1, -0.05) is 0 Å². The summed E-state index contributed by atoms with van der Waals surface area (Å²) in [7, 11) is 0. The van der Waals surface area contributed by atoms with Gasteiger partial charge in [-0.15, -0.1) is 23.5 Å². The molecule has 10 heavy (non-hydrogen) atoms. The molecule has 0 aliphatic carbocycles. The largest absolute Gasteiger partial charge is 0.465 e. The monoisotopic (exact) mass is 178 g/mol. The molecule has 1 aliphatic heterocycles. The van der Waals surface area contributed by atoms with E-state index in [9.17, 15) is 4.79 Å². The van der Waals surface area contributed by atoms with Crippen molar-refractivity contribution in [1.82, 2.24) is 0 Å². The summed E-state index contributed by atoms with van der Waals surface area (Å²) in [5.74, 6) is 0.876. The van der Waals surface area contributed by atoms with Crippen LogP contribution in [0.2, 0.25) is 0 Å². The van der Waals surface area contributed by atoms with Crippen LogP contribution in [0.25, 0.3) is 0 Å². The standard InChI is InChI=1S/C6H10O2S2/c1-2-8-6(7)5-3-9-4-10-5/h5H,2-4H2,1H3. The fraction of sp³-hybridized carbons (Fsp3) is 0.833. The first-order chi connectivity index (χ1) is 4.84. The molecular weight excluding hydrogens is 168 g/mol. The lowest BCUT2D eigenvalue weighted by atomic mass is 10.5. The summed E-state index contributed by atoms with van der Waals surface area (Å²) in [5.41, 5.74) is 0. The van der Waals surface area contributed by atoms with Crippen LogP contribution >= 0.6 is 23.5 Å². The molecule has 0 bridgehead atoms. The van der Waals surface area contributed by atoms with Crippen molar-refractivity contribution in [3.63, 3.8) is 0 Å². The van der Waals surface area contributed by atoms with E-state index in [-0.39, 0.29) is 11.2 Å². The molecule has 1 aliphatic rings. The highest BCUT2D eigenvalue weighted by Gasteiger charge is 2.24. The van der Waals surface area contributed by atoms with Gasteiger partial charge in [-0.2, -0.15) is 0 Å². The van der Waals surface area contributed by atoms with E-state index in [2.05, 4.69) is 0 Å². The molecule has 0 aromatic rings. The average Bonchev–Trinajstić information content (AvgIpc) is 2.38. The molecule has 0 radical (unpaired) electrons. The minimum atomic E-state index is -0.0440. The summed E-state index contributed by atoms with van der Waals surface area (Å²) in [6.07, 6.45) is 0. The SMILES string of the molecule is CCOC(=O)C1CSCS1. The van der Waals surface area contributed by atoms with E-state index in [1.54, 1.807) is 23.5 Å². The minimum Gasteiger partial charge on any atom is -0.465 e. The maximum Gasteiger partial charge on any atom is 0.319 e. The van der Waals surface area contributed by atoms with Gasteiger partial charge in [0.05, 0.1) is 6.61 Å². The smallest absolute Gasteiger partial charge is 0.319 e. The Hall–Kier alpha value is 0.170. The third kappa shape index (κ3) is 2.09. The molecule has 0 saturated carbocycles. The van der Waals surface area contributed by atoms with Crippen LogP contribution < -0.4 is 0 Å².